The van der Waals surface area contributed by atoms with Gasteiger partial charge in [0.05, 0.1) is 12.1 Å². The number of nitrogens with two attached hydrogens (primary N) is 2. The number of carbonyl (C=O) groups is 6. The maximum Gasteiger partial charge on any atom is 0.490 e. The van der Waals surface area contributed by atoms with Gasteiger partial charge in [0.2, 0.25) is 17.7 Å². The number of imide groups is 1. The molecule has 1 aliphatic heterocycles. The standard InChI is InChI=1S/C28H34F2N4O3.C12H16N2O3.C2HF3O2/c1-28(2,3)26(34(25(36)17-35)12-11-23(31)27(32)37)24-13-19(21-14-20(29)9-10-22(21)30)16-33(24)15-18-7-5-4-6-8-18;15-10-5-6-11(16)14(10)8-7-13-12(17)9-3-1-2-4-9;3-2(4,5)1(6)7/h4-10,13-14,16,23,26,35H,11-12,15,17,31H2,1-3H3,(H2,32,37);5-6,9H,1-4,7-8H2,(H,13,17);(H,6,7)/t23-,26?;;/m0../s1. The van der Waals surface area contributed by atoms with Crippen molar-refractivity contribution in [2.75, 3.05) is 26.2 Å². The first-order chi connectivity index (χ1) is 28.5. The van der Waals surface area contributed by atoms with E-state index >= 15 is 0 Å². The van der Waals surface area contributed by atoms with Crippen molar-refractivity contribution in [1.82, 2.24) is 19.7 Å². The Hall–Kier alpha value is -5.95. The van der Waals surface area contributed by atoms with Gasteiger partial charge in [0, 0.05) is 67.3 Å². The molecule has 61 heavy (non-hydrogen) atoms. The van der Waals surface area contributed by atoms with Gasteiger partial charge in [-0.3, -0.25) is 28.9 Å². The lowest BCUT2D eigenvalue weighted by molar-refractivity contribution is -0.192. The third kappa shape index (κ3) is 14.6. The summed E-state index contributed by atoms with van der Waals surface area (Å²) in [5.74, 6) is -5.58. The maximum atomic E-state index is 14.8. The van der Waals surface area contributed by atoms with Gasteiger partial charge in [-0.15, -0.1) is 0 Å². The van der Waals surface area contributed by atoms with Crippen molar-refractivity contribution in [3.8, 4) is 11.1 Å². The van der Waals surface area contributed by atoms with Gasteiger partial charge in [-0.05, 0) is 54.5 Å². The van der Waals surface area contributed by atoms with E-state index in [1.165, 1.54) is 17.1 Å². The van der Waals surface area contributed by atoms with Crippen LogP contribution in [0.5, 0.6) is 0 Å². The lowest BCUT2D eigenvalue weighted by Crippen LogP contribution is -2.46. The molecule has 0 bridgehead atoms. The molecule has 5 amide bonds. The molecule has 2 aromatic carbocycles. The van der Waals surface area contributed by atoms with Crippen molar-refractivity contribution in [2.24, 2.45) is 22.8 Å². The average molecular weight is 863 g/mol. The molecular weight excluding hydrogens is 811 g/mol. The molecular formula is C42H51F5N6O8. The van der Waals surface area contributed by atoms with Crippen molar-refractivity contribution >= 4 is 35.5 Å². The van der Waals surface area contributed by atoms with E-state index in [0.717, 1.165) is 54.3 Å². The zero-order valence-electron chi connectivity index (χ0n) is 34.0. The highest BCUT2D eigenvalue weighted by atomic mass is 19.4. The molecule has 0 saturated heterocycles. The summed E-state index contributed by atoms with van der Waals surface area (Å²) in [6, 6.07) is 13.0. The minimum Gasteiger partial charge on any atom is -0.475 e. The number of carboxylic acids is 1. The van der Waals surface area contributed by atoms with Gasteiger partial charge in [0.1, 0.15) is 18.2 Å². The zero-order valence-corrected chi connectivity index (χ0v) is 34.0. The molecule has 14 nitrogen and oxygen atoms in total. The fourth-order valence-corrected chi connectivity index (χ4v) is 6.80. The fraction of sp³-hybridized carbons (Fsp3) is 0.429. The highest BCUT2D eigenvalue weighted by molar-refractivity contribution is 6.12. The van der Waals surface area contributed by atoms with Gasteiger partial charge in [-0.25, -0.2) is 13.6 Å². The lowest BCUT2D eigenvalue weighted by atomic mass is 9.82. The normalized spacial score (nSPS) is 15.0. The van der Waals surface area contributed by atoms with E-state index in [1.54, 1.807) is 12.3 Å². The molecule has 7 N–H and O–H groups in total. The highest BCUT2D eigenvalue weighted by Crippen LogP contribution is 2.41. The van der Waals surface area contributed by atoms with E-state index in [-0.39, 0.29) is 48.7 Å². The molecule has 332 valence electrons. The number of rotatable bonds is 14. The quantitative estimate of drug-likeness (QED) is 0.114. The number of aliphatic hydroxyl groups excluding tert-OH is 1. The van der Waals surface area contributed by atoms with Gasteiger partial charge in [-0.2, -0.15) is 13.2 Å². The minimum absolute atomic E-state index is 0.0505. The van der Waals surface area contributed by atoms with Gasteiger partial charge in [0.25, 0.3) is 11.8 Å². The number of carbonyl (C=O) groups excluding carboxylic acids is 5. The molecule has 2 heterocycles. The van der Waals surface area contributed by atoms with Crippen LogP contribution in [0.4, 0.5) is 22.0 Å². The molecule has 1 unspecified atom stereocenters. The van der Waals surface area contributed by atoms with Gasteiger partial charge >= 0.3 is 12.1 Å². The predicted octanol–water partition coefficient (Wildman–Crippen LogP) is 4.44. The molecule has 19 heteroatoms. The van der Waals surface area contributed by atoms with Crippen LogP contribution in [0.15, 0.2) is 72.9 Å². The summed E-state index contributed by atoms with van der Waals surface area (Å²) >= 11 is 0. The number of benzene rings is 2. The van der Waals surface area contributed by atoms with E-state index in [1.807, 2.05) is 55.7 Å². The summed E-state index contributed by atoms with van der Waals surface area (Å²) in [5, 5.41) is 19.7. The van der Waals surface area contributed by atoms with Crippen LogP contribution < -0.4 is 16.8 Å². The first-order valence-electron chi connectivity index (χ1n) is 19.3. The van der Waals surface area contributed by atoms with Crippen molar-refractivity contribution in [2.45, 2.75) is 77.7 Å². The van der Waals surface area contributed by atoms with Crippen LogP contribution in [0, 0.1) is 23.0 Å². The Labute approximate surface area is 349 Å². The number of nitrogens with one attached hydrogen (secondary N) is 1. The first kappa shape index (κ1) is 49.4. The number of alkyl halides is 3. The van der Waals surface area contributed by atoms with Crippen LogP contribution in [-0.2, 0) is 35.3 Å². The molecule has 0 spiro atoms. The number of carboxylic acid groups (broad SMARTS) is 1. The summed E-state index contributed by atoms with van der Waals surface area (Å²) in [7, 11) is 0. The van der Waals surface area contributed by atoms with E-state index in [4.69, 9.17) is 21.4 Å². The molecule has 1 fully saturated rings. The number of halogens is 5. The van der Waals surface area contributed by atoms with Crippen LogP contribution in [-0.4, -0.2) is 98.5 Å². The summed E-state index contributed by atoms with van der Waals surface area (Å²) in [6.45, 7) is 6.12. The number of aliphatic hydroxyl groups is 1. The smallest absolute Gasteiger partial charge is 0.475 e. The Morgan fingerprint density at radius 3 is 2.07 bits per heavy atom. The molecule has 1 aromatic heterocycles. The molecule has 2 aliphatic rings. The Bertz CT molecular complexity index is 2030. The van der Waals surface area contributed by atoms with Crippen molar-refractivity contribution < 1.29 is 60.9 Å². The third-order valence-corrected chi connectivity index (χ3v) is 9.78. The SMILES string of the molecule is CC(C)(C)C(c1cc(-c2cc(F)ccc2F)cn1Cc1ccccc1)N(CC[C@H](N)C(N)=O)C(=O)CO.O=C(NCCN1C(=O)C=CC1=O)C1CCCC1.O=C(O)C(F)(F)F. The second kappa shape index (κ2) is 22.1. The summed E-state index contributed by atoms with van der Waals surface area (Å²) in [6.07, 6.45) is 3.39. The van der Waals surface area contributed by atoms with Crippen molar-refractivity contribution in [3.63, 3.8) is 0 Å². The fourth-order valence-electron chi connectivity index (χ4n) is 6.80. The Morgan fingerprint density at radius 1 is 0.951 bits per heavy atom. The summed E-state index contributed by atoms with van der Waals surface area (Å²) < 4.78 is 62.4. The summed E-state index contributed by atoms with van der Waals surface area (Å²) in [4.78, 5) is 70.2. The minimum atomic E-state index is -5.08. The second-order valence-corrected chi connectivity index (χ2v) is 15.4. The number of nitrogens with zero attached hydrogens (tertiary/aromatic N) is 3. The Balaban J connectivity index is 0.000000338. The molecule has 0 radical (unpaired) electrons. The predicted molar refractivity (Wildman–Crippen MR) is 213 cm³/mol. The molecule has 1 saturated carbocycles. The van der Waals surface area contributed by atoms with Gasteiger partial charge in [-0.1, -0.05) is 63.9 Å². The average Bonchev–Trinajstić information content (AvgIpc) is 3.95. The van der Waals surface area contributed by atoms with E-state index in [2.05, 4.69) is 5.32 Å². The molecule has 3 aromatic rings. The number of aliphatic carboxylic acids is 1. The van der Waals surface area contributed by atoms with Gasteiger partial charge in [0.15, 0.2) is 0 Å². The number of hydrogen-bond donors (Lipinski definition) is 5. The summed E-state index contributed by atoms with van der Waals surface area (Å²) in [5.41, 5.74) is 12.8. The van der Waals surface area contributed by atoms with Crippen molar-refractivity contribution in [3.05, 3.63) is 95.8 Å². The van der Waals surface area contributed by atoms with E-state index in [0.29, 0.717) is 24.3 Å². The third-order valence-electron chi connectivity index (χ3n) is 9.78. The van der Waals surface area contributed by atoms with Crippen molar-refractivity contribution in [1.29, 1.82) is 0 Å². The number of hydrogen-bond acceptors (Lipinski definition) is 8. The maximum absolute atomic E-state index is 14.8. The topological polar surface area (TPSA) is 218 Å². The van der Waals surface area contributed by atoms with E-state index in [9.17, 15) is 51.0 Å². The number of primary amides is 1. The highest BCUT2D eigenvalue weighted by Gasteiger charge is 2.39. The molecule has 1 aliphatic carbocycles. The molecule has 2 atom stereocenters. The zero-order chi connectivity index (χ0) is 45.7. The second-order valence-electron chi connectivity index (χ2n) is 15.4. The largest absolute Gasteiger partial charge is 0.490 e. The van der Waals surface area contributed by atoms with E-state index < -0.39 is 59.7 Å². The molecule has 5 rings (SSSR count). The number of aromatic nitrogens is 1. The van der Waals surface area contributed by atoms with Crippen LogP contribution >= 0.6 is 0 Å². The lowest BCUT2D eigenvalue weighted by Gasteiger charge is -2.41. The van der Waals surface area contributed by atoms with Crippen LogP contribution in [0.1, 0.15) is 70.2 Å². The first-order valence-corrected chi connectivity index (χ1v) is 19.3. The Kier molecular flexibility index (Phi) is 17.9. The van der Waals surface area contributed by atoms with Crippen LogP contribution in [0.25, 0.3) is 11.1 Å². The monoisotopic (exact) mass is 862 g/mol. The Morgan fingerprint density at radius 2 is 1.54 bits per heavy atom. The number of amides is 5. The van der Waals surface area contributed by atoms with Crippen LogP contribution in [0.2, 0.25) is 0 Å². The van der Waals surface area contributed by atoms with Crippen LogP contribution in [0.3, 0.4) is 0 Å². The van der Waals surface area contributed by atoms with Gasteiger partial charge < -0.3 is 36.5 Å².